The second-order valence-electron chi connectivity index (χ2n) is 26.8. The molecule has 0 radical (unpaired) electrons. The normalized spacial score (nSPS) is 14.5. The minimum Gasteiger partial charge on any atom is -0.462 e. The molecule has 0 aliphatic carbocycles. The maximum atomic E-state index is 13.0. The van der Waals surface area contributed by atoms with Gasteiger partial charge in [-0.2, -0.15) is 0 Å². The van der Waals surface area contributed by atoms with Gasteiger partial charge in [0.2, 0.25) is 0 Å². The van der Waals surface area contributed by atoms with E-state index in [-0.39, 0.29) is 25.7 Å². The smallest absolute Gasteiger partial charge is 0.462 e. The summed E-state index contributed by atoms with van der Waals surface area (Å²) in [5.74, 6) is 0.0759. The Morgan fingerprint density at radius 1 is 0.322 bits per heavy atom. The summed E-state index contributed by atoms with van der Waals surface area (Å²) in [7, 11) is -9.90. The fraction of sp³-hybridized carbons (Fsp3) is 0.944. The van der Waals surface area contributed by atoms with Gasteiger partial charge < -0.3 is 33.8 Å². The number of phosphoric acid groups is 2. The molecule has 0 aromatic rings. The second-order valence-corrected chi connectivity index (χ2v) is 29.7. The Morgan fingerprint density at radius 2 is 0.567 bits per heavy atom. The number of esters is 4. The number of rotatable bonds is 69. The van der Waals surface area contributed by atoms with Crippen LogP contribution >= 0.6 is 15.6 Å². The van der Waals surface area contributed by atoms with Crippen LogP contribution in [0.1, 0.15) is 357 Å². The summed E-state index contributed by atoms with van der Waals surface area (Å²) in [5, 5.41) is 10.6. The van der Waals surface area contributed by atoms with Crippen molar-refractivity contribution in [2.45, 2.75) is 375 Å². The van der Waals surface area contributed by atoms with Crippen molar-refractivity contribution in [1.82, 2.24) is 0 Å². The highest BCUT2D eigenvalue weighted by atomic mass is 31.2. The zero-order valence-corrected chi connectivity index (χ0v) is 60.4. The Kier molecular flexibility index (Phi) is 60.6. The Labute approximate surface area is 549 Å². The highest BCUT2D eigenvalue weighted by Crippen LogP contribution is 2.45. The van der Waals surface area contributed by atoms with Crippen molar-refractivity contribution in [1.29, 1.82) is 0 Å². The fourth-order valence-electron chi connectivity index (χ4n) is 10.7. The highest BCUT2D eigenvalue weighted by Gasteiger charge is 2.30. The maximum absolute atomic E-state index is 13.0. The lowest BCUT2D eigenvalue weighted by Crippen LogP contribution is -2.30. The Hall–Kier alpha value is -1.94. The van der Waals surface area contributed by atoms with E-state index in [1.165, 1.54) is 161 Å². The molecule has 0 rings (SSSR count). The standard InChI is InChI=1S/C71H138O17P2/c1-8-10-11-12-13-14-15-16-17-18-22-25-30-38-45-52-68(73)81-58-66(87-70(75)54-47-40-31-26-23-20-19-21-24-28-35-42-49-62(3)4)60-85-89(77,78)83-56-65(72)57-84-90(79,80)86-61-67(88-71(76)55-48-41-32-27-29-36-43-50-63(5)6)59-82-69(74)53-46-39-34-33-37-44-51-64(7)9-2/h62-67,72H,8-61H2,1-7H3,(H,77,78)(H,79,80)/t64?,65-,66-,67-/m1/s1. The number of unbranched alkanes of at least 4 members (excludes halogenated alkanes) is 36. The first kappa shape index (κ1) is 88.1. The van der Waals surface area contributed by atoms with E-state index in [1.807, 2.05) is 0 Å². The summed E-state index contributed by atoms with van der Waals surface area (Å²) in [6, 6.07) is 0. The second kappa shape index (κ2) is 61.9. The van der Waals surface area contributed by atoms with Crippen molar-refractivity contribution in [2.24, 2.45) is 17.8 Å². The van der Waals surface area contributed by atoms with Gasteiger partial charge in [0.05, 0.1) is 26.4 Å². The Bertz CT molecular complexity index is 1770. The maximum Gasteiger partial charge on any atom is 0.472 e. The molecule has 0 saturated carbocycles. The molecular weight excluding hydrogens is 1190 g/mol. The summed E-state index contributed by atoms with van der Waals surface area (Å²) in [6.07, 6.45) is 45.9. The van der Waals surface area contributed by atoms with Crippen LogP contribution in [0.5, 0.6) is 0 Å². The average Bonchev–Trinajstić information content (AvgIpc) is 3.71. The third kappa shape index (κ3) is 63.5. The van der Waals surface area contributed by atoms with Gasteiger partial charge in [0.25, 0.3) is 0 Å². The molecule has 0 amide bonds. The number of phosphoric ester groups is 2. The average molecular weight is 1330 g/mol. The van der Waals surface area contributed by atoms with Crippen molar-refractivity contribution >= 4 is 39.5 Å². The predicted molar refractivity (Wildman–Crippen MR) is 363 cm³/mol. The molecule has 0 spiro atoms. The molecule has 534 valence electrons. The molecule has 0 aromatic carbocycles. The van der Waals surface area contributed by atoms with Gasteiger partial charge in [0.15, 0.2) is 12.2 Å². The van der Waals surface area contributed by atoms with Gasteiger partial charge >= 0.3 is 39.5 Å². The van der Waals surface area contributed by atoms with E-state index in [9.17, 15) is 43.2 Å². The number of carbonyl (C=O) groups is 4. The Balaban J connectivity index is 5.25. The van der Waals surface area contributed by atoms with Gasteiger partial charge in [0, 0.05) is 25.7 Å². The van der Waals surface area contributed by atoms with Crippen LogP contribution < -0.4 is 0 Å². The molecule has 0 heterocycles. The molecule has 0 aliphatic rings. The monoisotopic (exact) mass is 1320 g/mol. The van der Waals surface area contributed by atoms with Crippen LogP contribution in [-0.4, -0.2) is 96.7 Å². The van der Waals surface area contributed by atoms with Crippen LogP contribution in [0.3, 0.4) is 0 Å². The van der Waals surface area contributed by atoms with Gasteiger partial charge in [-0.1, -0.05) is 305 Å². The molecular formula is C71H138O17P2. The van der Waals surface area contributed by atoms with Crippen molar-refractivity contribution in [3.05, 3.63) is 0 Å². The van der Waals surface area contributed by atoms with Gasteiger partial charge in [0.1, 0.15) is 19.3 Å². The van der Waals surface area contributed by atoms with Gasteiger partial charge in [-0.3, -0.25) is 37.3 Å². The molecule has 0 fully saturated rings. The van der Waals surface area contributed by atoms with Crippen molar-refractivity contribution in [2.75, 3.05) is 39.6 Å². The number of ether oxygens (including phenoxy) is 4. The van der Waals surface area contributed by atoms with Crippen LogP contribution in [0, 0.1) is 17.8 Å². The summed E-state index contributed by atoms with van der Waals surface area (Å²) < 4.78 is 68.3. The Morgan fingerprint density at radius 3 is 0.844 bits per heavy atom. The van der Waals surface area contributed by atoms with E-state index in [4.69, 9.17) is 37.0 Å². The topological polar surface area (TPSA) is 237 Å². The molecule has 3 unspecified atom stereocenters. The van der Waals surface area contributed by atoms with Crippen LogP contribution in [0.25, 0.3) is 0 Å². The molecule has 90 heavy (non-hydrogen) atoms. The third-order valence-corrected chi connectivity index (χ3v) is 18.6. The van der Waals surface area contributed by atoms with Crippen LogP contribution in [0.4, 0.5) is 0 Å². The number of carbonyl (C=O) groups excluding carboxylic acids is 4. The molecule has 17 nitrogen and oxygen atoms in total. The lowest BCUT2D eigenvalue weighted by molar-refractivity contribution is -0.161. The summed E-state index contributed by atoms with van der Waals surface area (Å²) >= 11 is 0. The molecule has 0 aromatic heterocycles. The van der Waals surface area contributed by atoms with E-state index < -0.39 is 97.5 Å². The lowest BCUT2D eigenvalue weighted by atomic mass is 10.00. The quantitative estimate of drug-likeness (QED) is 0.0222. The molecule has 6 atom stereocenters. The lowest BCUT2D eigenvalue weighted by Gasteiger charge is -2.21. The highest BCUT2D eigenvalue weighted by molar-refractivity contribution is 7.47. The first-order valence-corrected chi connectivity index (χ1v) is 39.9. The number of hydrogen-bond acceptors (Lipinski definition) is 15. The molecule has 19 heteroatoms. The van der Waals surface area contributed by atoms with Crippen molar-refractivity contribution in [3.8, 4) is 0 Å². The van der Waals surface area contributed by atoms with E-state index in [0.717, 1.165) is 108 Å². The molecule has 3 N–H and O–H groups in total. The van der Waals surface area contributed by atoms with Gasteiger partial charge in [-0.05, 0) is 43.4 Å². The van der Waals surface area contributed by atoms with Gasteiger partial charge in [-0.15, -0.1) is 0 Å². The van der Waals surface area contributed by atoms with Crippen molar-refractivity contribution in [3.63, 3.8) is 0 Å². The fourth-order valence-corrected chi connectivity index (χ4v) is 12.3. The van der Waals surface area contributed by atoms with Crippen LogP contribution in [0.2, 0.25) is 0 Å². The SMILES string of the molecule is CCCCCCCCCCCCCCCCCC(=O)OC[C@H](COP(=O)(O)OC[C@@H](O)COP(=O)(O)OC[C@@H](COC(=O)CCCCCCCCC(C)CC)OC(=O)CCCCCCCCCC(C)C)OC(=O)CCCCCCCCCCCCCCC(C)C. The molecule has 0 aliphatic heterocycles. The number of aliphatic hydroxyl groups is 1. The minimum atomic E-state index is -4.95. The van der Waals surface area contributed by atoms with E-state index in [0.29, 0.717) is 31.6 Å². The van der Waals surface area contributed by atoms with Crippen LogP contribution in [-0.2, 0) is 65.4 Å². The number of hydrogen-bond donors (Lipinski definition) is 3. The zero-order valence-electron chi connectivity index (χ0n) is 58.6. The molecule has 0 saturated heterocycles. The summed E-state index contributed by atoms with van der Waals surface area (Å²) in [6.45, 7) is 11.8. The first-order valence-electron chi connectivity index (χ1n) is 36.9. The minimum absolute atomic E-state index is 0.102. The zero-order chi connectivity index (χ0) is 66.6. The summed E-state index contributed by atoms with van der Waals surface area (Å²) in [5.41, 5.74) is 0. The third-order valence-electron chi connectivity index (χ3n) is 16.7. The summed E-state index contributed by atoms with van der Waals surface area (Å²) in [4.78, 5) is 72.6. The van der Waals surface area contributed by atoms with Crippen molar-refractivity contribution < 1.29 is 80.2 Å². The first-order chi connectivity index (χ1) is 43.3. The van der Waals surface area contributed by atoms with Gasteiger partial charge in [-0.25, -0.2) is 9.13 Å². The molecule has 0 bridgehead atoms. The van der Waals surface area contributed by atoms with E-state index >= 15 is 0 Å². The number of aliphatic hydroxyl groups excluding tert-OH is 1. The predicted octanol–water partition coefficient (Wildman–Crippen LogP) is 20.2. The van der Waals surface area contributed by atoms with E-state index in [1.54, 1.807) is 0 Å². The van der Waals surface area contributed by atoms with Crippen LogP contribution in [0.15, 0.2) is 0 Å². The van der Waals surface area contributed by atoms with E-state index in [2.05, 4.69) is 48.5 Å². The largest absolute Gasteiger partial charge is 0.472 e.